The van der Waals surface area contributed by atoms with Gasteiger partial charge in [-0.3, -0.25) is 4.79 Å². The molecule has 6 heteroatoms. The molecule has 0 saturated heterocycles. The number of benzene rings is 1. The highest BCUT2D eigenvalue weighted by molar-refractivity contribution is 7.17. The average Bonchev–Trinajstić information content (AvgIpc) is 2.65. The summed E-state index contributed by atoms with van der Waals surface area (Å²) < 4.78 is 1.58. The molecule has 0 fully saturated rings. The molecule has 1 aromatic carbocycles. The molecule has 90 valence electrons. The summed E-state index contributed by atoms with van der Waals surface area (Å²) in [6, 6.07) is 7.03. The summed E-state index contributed by atoms with van der Waals surface area (Å²) in [5.41, 5.74) is 1.08. The van der Waals surface area contributed by atoms with E-state index in [4.69, 9.17) is 0 Å². The van der Waals surface area contributed by atoms with Gasteiger partial charge in [-0.15, -0.1) is 0 Å². The minimum absolute atomic E-state index is 0.181. The molecular formula is C12H9N3O2S. The van der Waals surface area contributed by atoms with Crippen LogP contribution in [0.1, 0.15) is 4.88 Å². The zero-order chi connectivity index (χ0) is 12.7. The van der Waals surface area contributed by atoms with E-state index in [0.717, 1.165) is 10.6 Å². The van der Waals surface area contributed by atoms with Crippen LogP contribution in [-0.4, -0.2) is 19.7 Å². The monoisotopic (exact) mass is 259 g/mol. The first-order valence-corrected chi connectivity index (χ1v) is 6.12. The van der Waals surface area contributed by atoms with Gasteiger partial charge in [0, 0.05) is 10.4 Å². The number of aromatic hydroxyl groups is 1. The van der Waals surface area contributed by atoms with Gasteiger partial charge in [-0.2, -0.15) is 10.1 Å². The Kier molecular flexibility index (Phi) is 2.38. The van der Waals surface area contributed by atoms with Crippen molar-refractivity contribution in [3.05, 3.63) is 45.7 Å². The van der Waals surface area contributed by atoms with Crippen molar-refractivity contribution in [1.82, 2.24) is 14.6 Å². The molecular weight excluding hydrogens is 250 g/mol. The van der Waals surface area contributed by atoms with Crippen LogP contribution in [0.15, 0.2) is 35.3 Å². The van der Waals surface area contributed by atoms with Crippen molar-refractivity contribution in [2.75, 3.05) is 0 Å². The summed E-state index contributed by atoms with van der Waals surface area (Å²) in [6.45, 7) is 1.91. The minimum Gasteiger partial charge on any atom is -0.507 e. The first kappa shape index (κ1) is 10.9. The topological polar surface area (TPSA) is 67.5 Å². The predicted octanol–water partition coefficient (Wildman–Crippen LogP) is 1.83. The van der Waals surface area contributed by atoms with Crippen LogP contribution in [0.2, 0.25) is 0 Å². The molecule has 2 heterocycles. The van der Waals surface area contributed by atoms with Crippen LogP contribution in [0.4, 0.5) is 0 Å². The van der Waals surface area contributed by atoms with Gasteiger partial charge < -0.3 is 5.11 Å². The van der Waals surface area contributed by atoms with E-state index in [1.807, 2.05) is 19.1 Å². The molecule has 18 heavy (non-hydrogen) atoms. The quantitative estimate of drug-likeness (QED) is 0.724. The van der Waals surface area contributed by atoms with Crippen molar-refractivity contribution >= 4 is 16.3 Å². The Labute approximate surface area is 106 Å². The highest BCUT2D eigenvalue weighted by atomic mass is 32.1. The Morgan fingerprint density at radius 2 is 2.11 bits per heavy atom. The number of para-hydroxylation sites is 1. The second-order valence-corrected chi connectivity index (χ2v) is 4.99. The van der Waals surface area contributed by atoms with Gasteiger partial charge in [0.15, 0.2) is 0 Å². The second kappa shape index (κ2) is 3.92. The van der Waals surface area contributed by atoms with Gasteiger partial charge in [0.1, 0.15) is 11.9 Å². The van der Waals surface area contributed by atoms with Crippen LogP contribution in [0.3, 0.4) is 0 Å². The molecule has 0 bridgehead atoms. The van der Waals surface area contributed by atoms with Crippen molar-refractivity contribution in [2.45, 2.75) is 6.92 Å². The van der Waals surface area contributed by atoms with Crippen LogP contribution in [-0.2, 0) is 0 Å². The molecule has 0 saturated carbocycles. The molecule has 2 aromatic heterocycles. The molecule has 0 radical (unpaired) electrons. The van der Waals surface area contributed by atoms with E-state index < -0.39 is 0 Å². The van der Waals surface area contributed by atoms with Crippen molar-refractivity contribution in [1.29, 1.82) is 0 Å². The molecule has 0 aliphatic heterocycles. The van der Waals surface area contributed by atoms with Gasteiger partial charge >= 0.3 is 0 Å². The van der Waals surface area contributed by atoms with E-state index in [-0.39, 0.29) is 11.3 Å². The lowest BCUT2D eigenvalue weighted by Crippen LogP contribution is -2.08. The van der Waals surface area contributed by atoms with E-state index >= 15 is 0 Å². The molecule has 0 aliphatic carbocycles. The SMILES string of the molecule is Cc1sc2nc(=O)cnn2c1-c1ccccc1O. The number of hydrogen-bond donors (Lipinski definition) is 1. The smallest absolute Gasteiger partial charge is 0.292 e. The summed E-state index contributed by atoms with van der Waals surface area (Å²) >= 11 is 1.37. The van der Waals surface area contributed by atoms with Crippen molar-refractivity contribution < 1.29 is 5.11 Å². The number of rotatable bonds is 1. The fraction of sp³-hybridized carbons (Fsp3) is 0.0833. The number of thiazole rings is 1. The fourth-order valence-electron chi connectivity index (χ4n) is 1.86. The highest BCUT2D eigenvalue weighted by Crippen LogP contribution is 2.34. The molecule has 0 amide bonds. The molecule has 3 rings (SSSR count). The van der Waals surface area contributed by atoms with E-state index in [9.17, 15) is 9.90 Å². The number of nitrogens with zero attached hydrogens (tertiary/aromatic N) is 3. The maximum absolute atomic E-state index is 11.2. The molecule has 0 atom stereocenters. The maximum Gasteiger partial charge on any atom is 0.292 e. The lowest BCUT2D eigenvalue weighted by atomic mass is 10.1. The zero-order valence-electron chi connectivity index (χ0n) is 9.49. The Morgan fingerprint density at radius 3 is 2.89 bits per heavy atom. The number of phenolic OH excluding ortho intramolecular Hbond substituents is 1. The molecule has 3 aromatic rings. The lowest BCUT2D eigenvalue weighted by Gasteiger charge is -2.04. The normalized spacial score (nSPS) is 10.9. The third kappa shape index (κ3) is 1.58. The van der Waals surface area contributed by atoms with E-state index in [2.05, 4.69) is 10.1 Å². The Morgan fingerprint density at radius 1 is 1.33 bits per heavy atom. The number of fused-ring (bicyclic) bond motifs is 1. The van der Waals surface area contributed by atoms with Gasteiger partial charge in [0.2, 0.25) is 4.96 Å². The highest BCUT2D eigenvalue weighted by Gasteiger charge is 2.15. The number of hydrogen-bond acceptors (Lipinski definition) is 5. The first-order valence-electron chi connectivity index (χ1n) is 5.30. The second-order valence-electron chi connectivity index (χ2n) is 3.81. The fourth-order valence-corrected chi connectivity index (χ4v) is 2.79. The van der Waals surface area contributed by atoms with Gasteiger partial charge in [-0.05, 0) is 19.1 Å². The van der Waals surface area contributed by atoms with Crippen LogP contribution in [0.5, 0.6) is 5.75 Å². The van der Waals surface area contributed by atoms with E-state index in [1.54, 1.807) is 16.6 Å². The molecule has 0 unspecified atom stereocenters. The van der Waals surface area contributed by atoms with Crippen molar-refractivity contribution in [2.24, 2.45) is 0 Å². The predicted molar refractivity (Wildman–Crippen MR) is 69.0 cm³/mol. The largest absolute Gasteiger partial charge is 0.507 e. The van der Waals surface area contributed by atoms with Crippen molar-refractivity contribution in [3.8, 4) is 17.0 Å². The van der Waals surface area contributed by atoms with E-state index in [0.29, 0.717) is 10.5 Å². The van der Waals surface area contributed by atoms with Crippen LogP contribution >= 0.6 is 11.3 Å². The summed E-state index contributed by atoms with van der Waals surface area (Å²) in [6.07, 6.45) is 1.17. The maximum atomic E-state index is 11.2. The molecule has 5 nitrogen and oxygen atoms in total. The summed E-state index contributed by atoms with van der Waals surface area (Å²) in [5.74, 6) is 0.181. The number of aromatic nitrogens is 3. The first-order chi connectivity index (χ1) is 8.66. The Bertz CT molecular complexity index is 791. The molecule has 0 spiro atoms. The molecule has 1 N–H and O–H groups in total. The average molecular weight is 259 g/mol. The lowest BCUT2D eigenvalue weighted by molar-refractivity contribution is 0.477. The van der Waals surface area contributed by atoms with E-state index in [1.165, 1.54) is 17.5 Å². The third-order valence-corrected chi connectivity index (χ3v) is 3.57. The van der Waals surface area contributed by atoms with Crippen molar-refractivity contribution in [3.63, 3.8) is 0 Å². The Hall–Kier alpha value is -2.21. The van der Waals surface area contributed by atoms with Gasteiger partial charge in [-0.25, -0.2) is 4.52 Å². The van der Waals surface area contributed by atoms with Gasteiger partial charge in [0.25, 0.3) is 5.56 Å². The third-order valence-electron chi connectivity index (χ3n) is 2.62. The summed E-state index contributed by atoms with van der Waals surface area (Å²) in [4.78, 5) is 16.5. The zero-order valence-corrected chi connectivity index (χ0v) is 10.3. The standard InChI is InChI=1S/C12H9N3O2S/c1-7-11(8-4-2-3-5-9(8)16)15-12(18-7)14-10(17)6-13-15/h2-6,16H,1H3. The Balaban J connectivity index is 2.39. The van der Waals surface area contributed by atoms with Crippen LogP contribution in [0.25, 0.3) is 16.2 Å². The van der Waals surface area contributed by atoms with Crippen LogP contribution < -0.4 is 5.56 Å². The number of phenols is 1. The van der Waals surface area contributed by atoms with Gasteiger partial charge in [0.05, 0.1) is 5.69 Å². The van der Waals surface area contributed by atoms with Crippen LogP contribution in [0, 0.1) is 6.92 Å². The summed E-state index contributed by atoms with van der Waals surface area (Å²) in [5, 5.41) is 14.0. The van der Waals surface area contributed by atoms with Gasteiger partial charge in [-0.1, -0.05) is 23.5 Å². The summed E-state index contributed by atoms with van der Waals surface area (Å²) in [7, 11) is 0. The minimum atomic E-state index is -0.361. The number of aryl methyl sites for hydroxylation is 1. The molecule has 0 aliphatic rings.